The summed E-state index contributed by atoms with van der Waals surface area (Å²) in [6.45, 7) is 0.883. The van der Waals surface area contributed by atoms with Gasteiger partial charge < -0.3 is 4.90 Å². The lowest BCUT2D eigenvalue weighted by molar-refractivity contribution is -0.872. The molecule has 0 bridgehead atoms. The molecule has 0 aliphatic heterocycles. The van der Waals surface area contributed by atoms with Crippen molar-refractivity contribution in [2.45, 2.75) is 18.0 Å². The Balaban J connectivity index is 2.11. The molecule has 0 spiro atoms. The highest BCUT2D eigenvalue weighted by atomic mass is 32.2. The van der Waals surface area contributed by atoms with E-state index in [0.717, 1.165) is 29.8 Å². The monoisotopic (exact) mass is 368 g/mol. The molecule has 0 unspecified atom stereocenters. The molecule has 0 fully saturated rings. The normalized spacial score (nSPS) is 11.7. The number of nitro groups is 1. The van der Waals surface area contributed by atoms with E-state index in [2.05, 4.69) is 4.72 Å². The van der Waals surface area contributed by atoms with Crippen LogP contribution in [0.5, 0.6) is 0 Å². The predicted octanol–water partition coefficient (Wildman–Crippen LogP) is 0.857. The van der Waals surface area contributed by atoms with Gasteiger partial charge in [-0.3, -0.25) is 10.1 Å². The van der Waals surface area contributed by atoms with Crippen LogP contribution in [0.15, 0.2) is 47.4 Å². The smallest absolute Gasteiger partial charge is 0.306 e. The van der Waals surface area contributed by atoms with Crippen molar-refractivity contribution < 1.29 is 22.6 Å². The third-order valence-electron chi connectivity index (χ3n) is 3.47. The molecule has 0 radical (unpaired) electrons. The molecule has 0 aliphatic rings. The highest BCUT2D eigenvalue weighted by Crippen LogP contribution is 2.21. The Morgan fingerprint density at radius 2 is 1.72 bits per heavy atom. The molecule has 9 heteroatoms. The quantitative estimate of drug-likeness (QED) is 0.560. The van der Waals surface area contributed by atoms with Crippen molar-refractivity contribution in [3.63, 3.8) is 0 Å². The standard InChI is InChI=1S/C16H18FN3O4S/c1-19(2)11-13-5-3-12(4-6-13)10-18-25(23,24)14-7-8-15(17)16(9-14)20(21)22/h3-9,18H,10-11H2,1-2H3/p+1. The van der Waals surface area contributed by atoms with E-state index < -0.39 is 26.5 Å². The number of sulfonamides is 1. The summed E-state index contributed by atoms with van der Waals surface area (Å²) in [6, 6.07) is 9.93. The summed E-state index contributed by atoms with van der Waals surface area (Å²) in [7, 11) is 0.0777. The summed E-state index contributed by atoms with van der Waals surface area (Å²) in [4.78, 5) is 10.7. The number of hydrogen-bond acceptors (Lipinski definition) is 4. The van der Waals surface area contributed by atoms with E-state index in [1.165, 1.54) is 4.90 Å². The molecule has 2 aromatic rings. The number of rotatable bonds is 7. The van der Waals surface area contributed by atoms with Crippen LogP contribution in [0, 0.1) is 15.9 Å². The molecule has 0 atom stereocenters. The van der Waals surface area contributed by atoms with Crippen molar-refractivity contribution >= 4 is 15.7 Å². The summed E-state index contributed by atoms with van der Waals surface area (Å²) >= 11 is 0. The van der Waals surface area contributed by atoms with Gasteiger partial charge >= 0.3 is 5.69 Å². The number of nitrogens with one attached hydrogen (secondary N) is 2. The van der Waals surface area contributed by atoms with Crippen LogP contribution in [-0.4, -0.2) is 27.4 Å². The van der Waals surface area contributed by atoms with Gasteiger partial charge in [0.15, 0.2) is 0 Å². The van der Waals surface area contributed by atoms with E-state index >= 15 is 0 Å². The van der Waals surface area contributed by atoms with E-state index in [0.29, 0.717) is 6.07 Å². The highest BCUT2D eigenvalue weighted by molar-refractivity contribution is 7.89. The van der Waals surface area contributed by atoms with E-state index in [1.54, 1.807) is 0 Å². The predicted molar refractivity (Wildman–Crippen MR) is 90.0 cm³/mol. The third-order valence-corrected chi connectivity index (χ3v) is 4.87. The lowest BCUT2D eigenvalue weighted by Gasteiger charge is -2.09. The zero-order chi connectivity index (χ0) is 18.6. The van der Waals surface area contributed by atoms with Crippen molar-refractivity contribution in [2.75, 3.05) is 14.1 Å². The molecule has 0 saturated heterocycles. The molecule has 0 aromatic heterocycles. The zero-order valence-electron chi connectivity index (χ0n) is 13.8. The summed E-state index contributed by atoms with van der Waals surface area (Å²) in [5, 5.41) is 10.7. The van der Waals surface area contributed by atoms with E-state index in [-0.39, 0.29) is 11.4 Å². The van der Waals surface area contributed by atoms with Gasteiger partial charge in [-0.05, 0) is 17.7 Å². The molecule has 134 valence electrons. The molecule has 2 N–H and O–H groups in total. The first-order valence-corrected chi connectivity index (χ1v) is 8.98. The fourth-order valence-electron chi connectivity index (χ4n) is 2.24. The third kappa shape index (κ3) is 5.05. The maximum atomic E-state index is 13.3. The van der Waals surface area contributed by atoms with Crippen molar-refractivity contribution in [2.24, 2.45) is 0 Å². The molecular weight excluding hydrogens is 349 g/mol. The molecule has 7 nitrogen and oxygen atoms in total. The van der Waals surface area contributed by atoms with Gasteiger partial charge in [0.05, 0.1) is 23.9 Å². The maximum absolute atomic E-state index is 13.3. The van der Waals surface area contributed by atoms with Crippen LogP contribution in [0.4, 0.5) is 10.1 Å². The number of halogens is 1. The second-order valence-corrected chi connectivity index (χ2v) is 7.66. The lowest BCUT2D eigenvalue weighted by Crippen LogP contribution is -3.04. The molecule has 0 saturated carbocycles. The number of nitrogens with zero attached hydrogens (tertiary/aromatic N) is 1. The summed E-state index contributed by atoms with van der Waals surface area (Å²) < 4.78 is 40.2. The minimum atomic E-state index is -3.99. The van der Waals surface area contributed by atoms with Crippen LogP contribution in [0.25, 0.3) is 0 Å². The summed E-state index contributed by atoms with van der Waals surface area (Å²) in [5.74, 6) is -1.08. The number of benzene rings is 2. The van der Waals surface area contributed by atoms with Crippen molar-refractivity contribution in [1.82, 2.24) is 4.72 Å². The first-order chi connectivity index (χ1) is 11.7. The Bertz CT molecular complexity index is 867. The summed E-state index contributed by atoms with van der Waals surface area (Å²) in [5.41, 5.74) is 0.997. The van der Waals surface area contributed by atoms with Gasteiger partial charge in [-0.1, -0.05) is 24.3 Å². The molecule has 2 rings (SSSR count). The van der Waals surface area contributed by atoms with Crippen LogP contribution >= 0.6 is 0 Å². The first-order valence-electron chi connectivity index (χ1n) is 7.49. The Labute approximate surface area is 145 Å². The Kier molecular flexibility index (Phi) is 5.83. The average Bonchev–Trinajstić information content (AvgIpc) is 2.53. The first kappa shape index (κ1) is 19.0. The largest absolute Gasteiger partial charge is 0.336 e. The van der Waals surface area contributed by atoms with Gasteiger partial charge in [-0.15, -0.1) is 0 Å². The van der Waals surface area contributed by atoms with Crippen LogP contribution < -0.4 is 9.62 Å². The highest BCUT2D eigenvalue weighted by Gasteiger charge is 2.21. The fourth-order valence-corrected chi connectivity index (χ4v) is 3.28. The molecule has 0 heterocycles. The second kappa shape index (κ2) is 7.68. The Hall–Kier alpha value is -2.36. The van der Waals surface area contributed by atoms with Gasteiger partial charge in [0.2, 0.25) is 15.8 Å². The van der Waals surface area contributed by atoms with Crippen molar-refractivity contribution in [3.8, 4) is 0 Å². The lowest BCUT2D eigenvalue weighted by atomic mass is 10.1. The SMILES string of the molecule is C[NH+](C)Cc1ccc(CNS(=O)(=O)c2ccc(F)c([N+](=O)[O-])c2)cc1. The van der Waals surface area contributed by atoms with Crippen LogP contribution in [-0.2, 0) is 23.1 Å². The number of hydrogen-bond donors (Lipinski definition) is 2. The van der Waals surface area contributed by atoms with Crippen LogP contribution in [0.2, 0.25) is 0 Å². The molecular formula is C16H19FN3O4S+. The summed E-state index contributed by atoms with van der Waals surface area (Å²) in [6.07, 6.45) is 0. The zero-order valence-corrected chi connectivity index (χ0v) is 14.6. The fraction of sp³-hybridized carbons (Fsp3) is 0.250. The van der Waals surface area contributed by atoms with Crippen LogP contribution in [0.1, 0.15) is 11.1 Å². The van der Waals surface area contributed by atoms with Gasteiger partial charge in [0.1, 0.15) is 6.54 Å². The second-order valence-electron chi connectivity index (χ2n) is 5.90. The van der Waals surface area contributed by atoms with Gasteiger partial charge in [0, 0.05) is 18.2 Å². The van der Waals surface area contributed by atoms with Crippen molar-refractivity contribution in [1.29, 1.82) is 0 Å². The maximum Gasteiger partial charge on any atom is 0.306 e. The molecule has 0 aliphatic carbocycles. The Morgan fingerprint density at radius 1 is 1.12 bits per heavy atom. The molecule has 2 aromatic carbocycles. The van der Waals surface area contributed by atoms with Gasteiger partial charge in [0.25, 0.3) is 0 Å². The Morgan fingerprint density at radius 3 is 2.28 bits per heavy atom. The van der Waals surface area contributed by atoms with Crippen LogP contribution in [0.3, 0.4) is 0 Å². The number of quaternary nitrogens is 1. The average molecular weight is 368 g/mol. The minimum Gasteiger partial charge on any atom is -0.336 e. The minimum absolute atomic E-state index is 0.0304. The van der Waals surface area contributed by atoms with E-state index in [9.17, 15) is 22.9 Å². The number of nitro benzene ring substituents is 1. The molecule has 25 heavy (non-hydrogen) atoms. The van der Waals surface area contributed by atoms with E-state index in [4.69, 9.17) is 0 Å². The topological polar surface area (TPSA) is 93.8 Å². The van der Waals surface area contributed by atoms with Gasteiger partial charge in [-0.2, -0.15) is 4.39 Å². The molecule has 0 amide bonds. The van der Waals surface area contributed by atoms with Crippen molar-refractivity contribution in [3.05, 3.63) is 69.5 Å². The van der Waals surface area contributed by atoms with Gasteiger partial charge in [-0.25, -0.2) is 13.1 Å². The van der Waals surface area contributed by atoms with E-state index in [1.807, 2.05) is 38.4 Å².